The molecule has 1 aromatic heterocycles. The molecule has 0 spiro atoms. The van der Waals surface area contributed by atoms with Gasteiger partial charge in [0.2, 0.25) is 0 Å². The van der Waals surface area contributed by atoms with Crippen LogP contribution in [-0.2, 0) is 0 Å². The first-order valence-corrected chi connectivity index (χ1v) is 7.02. The first kappa shape index (κ1) is 17.8. The van der Waals surface area contributed by atoms with Crippen LogP contribution in [0.5, 0.6) is 0 Å². The average Bonchev–Trinajstić information content (AvgIpc) is 2.45. The molecule has 0 bridgehead atoms. The van der Waals surface area contributed by atoms with E-state index in [1.54, 1.807) is 13.0 Å². The summed E-state index contributed by atoms with van der Waals surface area (Å²) in [6.07, 6.45) is 2.16. The smallest absolute Gasteiger partial charge is 0.543 e. The summed E-state index contributed by atoms with van der Waals surface area (Å²) in [4.78, 5) is 17.2. The van der Waals surface area contributed by atoms with E-state index >= 15 is 0 Å². The van der Waals surface area contributed by atoms with Gasteiger partial charge < -0.3 is 14.8 Å². The van der Waals surface area contributed by atoms with Crippen LogP contribution in [0.15, 0.2) is 12.1 Å². The number of likely N-dealkylation sites (tertiary alicyclic amines) is 1. The summed E-state index contributed by atoms with van der Waals surface area (Å²) in [5, 5.41) is 10.9. The number of carbonyl (C=O) groups is 1. The number of hydrogen-bond donors (Lipinski definition) is 0. The molecule has 1 aliphatic heterocycles. The van der Waals surface area contributed by atoms with Gasteiger partial charge in [-0.05, 0) is 51.5 Å². The predicted molar refractivity (Wildman–Crippen MR) is 75.0 cm³/mol. The van der Waals surface area contributed by atoms with Gasteiger partial charge in [0.25, 0.3) is 0 Å². The van der Waals surface area contributed by atoms with Crippen molar-refractivity contribution in [2.24, 2.45) is 5.92 Å². The van der Waals surface area contributed by atoms with Crippen LogP contribution in [0.2, 0.25) is 0 Å². The number of pyridine rings is 1. The maximum absolute atomic E-state index is 10.9. The summed E-state index contributed by atoms with van der Waals surface area (Å²) >= 11 is 0. The van der Waals surface area contributed by atoms with Crippen molar-refractivity contribution >= 4 is 5.97 Å². The molecule has 21 heavy (non-hydrogen) atoms. The van der Waals surface area contributed by atoms with E-state index in [9.17, 15) is 9.90 Å². The van der Waals surface area contributed by atoms with Crippen LogP contribution in [0, 0.1) is 24.7 Å². The van der Waals surface area contributed by atoms with Gasteiger partial charge in [-0.2, -0.15) is 0 Å². The molecule has 2 rings (SSSR count). The van der Waals surface area contributed by atoms with Crippen LogP contribution in [0.1, 0.15) is 41.5 Å². The molecule has 0 aromatic carbocycles. The van der Waals surface area contributed by atoms with Gasteiger partial charge in [-0.15, -0.1) is 0 Å². The minimum atomic E-state index is -1.26. The average molecular weight is 278 g/mol. The van der Waals surface area contributed by atoms with E-state index in [0.717, 1.165) is 32.5 Å². The molecule has 4 nitrogen and oxygen atoms in total. The number of carbonyl (C=O) groups excluding carboxylic acids is 1. The van der Waals surface area contributed by atoms with Crippen molar-refractivity contribution in [2.45, 2.75) is 26.7 Å². The fourth-order valence-electron chi connectivity index (χ4n) is 2.42. The van der Waals surface area contributed by atoms with Gasteiger partial charge >= 0.3 is 18.9 Å². The van der Waals surface area contributed by atoms with Gasteiger partial charge in [0, 0.05) is 17.2 Å². The van der Waals surface area contributed by atoms with Crippen molar-refractivity contribution in [1.82, 2.24) is 9.88 Å². The number of carboxylic acid groups (broad SMARTS) is 1. The van der Waals surface area contributed by atoms with Crippen LogP contribution in [-0.4, -0.2) is 35.5 Å². The van der Waals surface area contributed by atoms with Gasteiger partial charge in [0.1, 0.15) is 0 Å². The Balaban J connectivity index is 0.00000220. The molecule has 0 saturated carbocycles. The zero-order valence-corrected chi connectivity index (χ0v) is 13.0. The quantitative estimate of drug-likeness (QED) is 0.457. The molecule has 1 saturated heterocycles. The summed E-state index contributed by atoms with van der Waals surface area (Å²) in [5.41, 5.74) is 1.31. The van der Waals surface area contributed by atoms with Crippen LogP contribution in [0.3, 0.4) is 0 Å². The van der Waals surface area contributed by atoms with Gasteiger partial charge in [-0.1, -0.05) is 18.8 Å². The maximum atomic E-state index is 10.9. The fraction of sp³-hybridized carbons (Fsp3) is 0.500. The van der Waals surface area contributed by atoms with Crippen molar-refractivity contribution < 1.29 is 28.8 Å². The third-order valence-corrected chi connectivity index (χ3v) is 3.62. The number of piperidine rings is 1. The Morgan fingerprint density at radius 3 is 2.67 bits per heavy atom. The second-order valence-electron chi connectivity index (χ2n) is 5.15. The number of hydrogen-bond acceptors (Lipinski definition) is 4. The molecule has 0 aliphatic carbocycles. The summed E-state index contributed by atoms with van der Waals surface area (Å²) in [6, 6.07) is 3.29. The predicted octanol–water partition coefficient (Wildman–Crippen LogP) is -2.16. The molecule has 0 radical (unpaired) electrons. The molecule has 0 amide bonds. The largest absolute Gasteiger partial charge is 1.00 e. The van der Waals surface area contributed by atoms with Crippen molar-refractivity contribution in [3.05, 3.63) is 29.1 Å². The molecular formula is C16H19LiN2O2. The normalized spacial score (nSPS) is 15.7. The number of rotatable bonds is 2. The van der Waals surface area contributed by atoms with Crippen molar-refractivity contribution in [1.29, 1.82) is 0 Å². The van der Waals surface area contributed by atoms with E-state index < -0.39 is 5.97 Å². The van der Waals surface area contributed by atoms with Crippen LogP contribution in [0.4, 0.5) is 0 Å². The van der Waals surface area contributed by atoms with Gasteiger partial charge in [0.05, 0.1) is 11.7 Å². The van der Waals surface area contributed by atoms with Gasteiger partial charge in [-0.25, -0.2) is 0 Å². The second-order valence-corrected chi connectivity index (χ2v) is 5.15. The summed E-state index contributed by atoms with van der Waals surface area (Å²) in [7, 11) is 0. The standard InChI is InChI=1S/C16H20N2O2.Li/c1-3-18-8-6-13(7-9-18)4-5-14-10-12(2)17-15(11-14)16(19)20;/h10-11,13H,3,6-9H2,1-2H3,(H,19,20);/q;+1/p-1. The van der Waals surface area contributed by atoms with E-state index in [-0.39, 0.29) is 24.6 Å². The fourth-order valence-corrected chi connectivity index (χ4v) is 2.42. The molecule has 1 aliphatic rings. The minimum absolute atomic E-state index is 0. The van der Waals surface area contributed by atoms with Crippen molar-refractivity contribution in [2.75, 3.05) is 19.6 Å². The molecular weight excluding hydrogens is 259 g/mol. The van der Waals surface area contributed by atoms with E-state index in [1.807, 2.05) is 0 Å². The number of aromatic carboxylic acids is 1. The Kier molecular flexibility index (Phi) is 6.98. The Morgan fingerprint density at radius 2 is 2.10 bits per heavy atom. The number of aromatic nitrogens is 1. The van der Waals surface area contributed by atoms with E-state index in [2.05, 4.69) is 28.6 Å². The number of nitrogens with zero attached hydrogens (tertiary/aromatic N) is 2. The Hall–Kier alpha value is -1.26. The molecule has 1 fully saturated rings. The van der Waals surface area contributed by atoms with E-state index in [1.165, 1.54) is 6.07 Å². The summed E-state index contributed by atoms with van der Waals surface area (Å²) in [5.74, 6) is 5.49. The topological polar surface area (TPSA) is 56.3 Å². The molecule has 106 valence electrons. The zero-order chi connectivity index (χ0) is 14.5. The molecule has 0 N–H and O–H groups in total. The SMILES string of the molecule is CCN1CCC(C#Cc2cc(C)nc(C(=O)[O-])c2)CC1.[Li+]. The van der Waals surface area contributed by atoms with Crippen LogP contribution < -0.4 is 24.0 Å². The third kappa shape index (κ3) is 5.21. The Labute approximate surface area is 138 Å². The first-order chi connectivity index (χ1) is 9.58. The maximum Gasteiger partial charge on any atom is 1.00 e. The second kappa shape index (κ2) is 8.25. The van der Waals surface area contributed by atoms with Crippen LogP contribution >= 0.6 is 0 Å². The number of carboxylic acids is 1. The van der Waals surface area contributed by atoms with Gasteiger partial charge in [0.15, 0.2) is 0 Å². The molecule has 1 aromatic rings. The molecule has 5 heteroatoms. The molecule has 2 heterocycles. The Morgan fingerprint density at radius 1 is 1.43 bits per heavy atom. The van der Waals surface area contributed by atoms with Crippen molar-refractivity contribution in [3.8, 4) is 11.8 Å². The monoisotopic (exact) mass is 278 g/mol. The molecule has 0 unspecified atom stereocenters. The number of aryl methyl sites for hydroxylation is 1. The third-order valence-electron chi connectivity index (χ3n) is 3.62. The Bertz CT molecular complexity index is 555. The van der Waals surface area contributed by atoms with E-state index in [0.29, 0.717) is 17.2 Å². The zero-order valence-electron chi connectivity index (χ0n) is 13.0. The van der Waals surface area contributed by atoms with Crippen molar-refractivity contribution in [3.63, 3.8) is 0 Å². The van der Waals surface area contributed by atoms with Gasteiger partial charge in [-0.3, -0.25) is 4.98 Å². The van der Waals surface area contributed by atoms with E-state index in [4.69, 9.17) is 0 Å². The first-order valence-electron chi connectivity index (χ1n) is 7.02. The molecule has 0 atom stereocenters. The van der Waals surface area contributed by atoms with Crippen LogP contribution in [0.25, 0.3) is 0 Å². The minimum Gasteiger partial charge on any atom is -0.543 e. The summed E-state index contributed by atoms with van der Waals surface area (Å²) in [6.45, 7) is 7.22. The summed E-state index contributed by atoms with van der Waals surface area (Å²) < 4.78 is 0.